The van der Waals surface area contributed by atoms with Crippen molar-refractivity contribution in [2.75, 3.05) is 43.4 Å². The molecule has 0 radical (unpaired) electrons. The van der Waals surface area contributed by atoms with E-state index < -0.39 is 0 Å². The molecule has 2 atom stereocenters. The molecule has 43 heavy (non-hydrogen) atoms. The number of ether oxygens (including phenoxy) is 1. The Labute approximate surface area is 258 Å². The van der Waals surface area contributed by atoms with Crippen LogP contribution < -0.4 is 36.6 Å². The summed E-state index contributed by atoms with van der Waals surface area (Å²) in [6.07, 6.45) is 0. The molecule has 220 valence electrons. The number of carbonyl (C=O) groups is 2. The predicted molar refractivity (Wildman–Crippen MR) is 180 cm³/mol. The Morgan fingerprint density at radius 3 is 1.42 bits per heavy atom. The molecule has 2 unspecified atom stereocenters. The molecule has 6 N–H and O–H groups in total. The molecule has 4 aromatic rings. The first kappa shape index (κ1) is 28.6. The number of hydrogen-bond acceptors (Lipinski definition) is 9. The highest BCUT2D eigenvalue weighted by atomic mass is 32.2. The van der Waals surface area contributed by atoms with Gasteiger partial charge < -0.3 is 36.6 Å². The molecule has 0 fully saturated rings. The Bertz CT molecular complexity index is 1510. The fourth-order valence-corrected chi connectivity index (χ4v) is 6.29. The molecule has 0 bridgehead atoms. The molecule has 0 aliphatic carbocycles. The van der Waals surface area contributed by atoms with Crippen molar-refractivity contribution in [2.24, 2.45) is 0 Å². The van der Waals surface area contributed by atoms with Gasteiger partial charge in [0.15, 0.2) is 0 Å². The number of fused-ring (bicyclic) bond motifs is 2. The Balaban J connectivity index is 0.908. The van der Waals surface area contributed by atoms with Gasteiger partial charge in [-0.25, -0.2) is 0 Å². The van der Waals surface area contributed by atoms with Crippen LogP contribution in [0.15, 0.2) is 84.9 Å². The third-order valence-electron chi connectivity index (χ3n) is 6.77. The van der Waals surface area contributed by atoms with Gasteiger partial charge in [0.2, 0.25) is 11.8 Å². The highest BCUT2D eigenvalue weighted by molar-refractivity contribution is 8.01. The van der Waals surface area contributed by atoms with Crippen molar-refractivity contribution >= 4 is 69.5 Å². The molecule has 4 aromatic carbocycles. The van der Waals surface area contributed by atoms with E-state index in [9.17, 15) is 9.59 Å². The molecule has 2 aliphatic rings. The van der Waals surface area contributed by atoms with Crippen LogP contribution in [0.2, 0.25) is 0 Å². The fourth-order valence-electron chi connectivity index (χ4n) is 4.67. The van der Waals surface area contributed by atoms with Gasteiger partial charge in [-0.05, 0) is 97.8 Å². The number of rotatable bonds is 10. The van der Waals surface area contributed by atoms with Gasteiger partial charge in [0.1, 0.15) is 22.5 Å². The van der Waals surface area contributed by atoms with Crippen LogP contribution in [0.5, 0.6) is 11.5 Å². The van der Waals surface area contributed by atoms with E-state index in [0.29, 0.717) is 34.4 Å². The highest BCUT2D eigenvalue weighted by Gasteiger charge is 2.21. The van der Waals surface area contributed by atoms with Crippen molar-refractivity contribution in [1.82, 2.24) is 0 Å². The minimum absolute atomic E-state index is 0.0497. The Hall–Kier alpha value is -4.48. The van der Waals surface area contributed by atoms with Gasteiger partial charge in [0, 0.05) is 11.4 Å². The Morgan fingerprint density at radius 1 is 0.605 bits per heavy atom. The summed E-state index contributed by atoms with van der Waals surface area (Å²) >= 11 is 3.00. The zero-order chi connectivity index (χ0) is 29.8. The minimum atomic E-state index is -0.0820. The van der Waals surface area contributed by atoms with Gasteiger partial charge in [0.25, 0.3) is 0 Å². The highest BCUT2D eigenvalue weighted by Crippen LogP contribution is 2.34. The Kier molecular flexibility index (Phi) is 8.52. The SMILES string of the molecule is Cc1ccc2c(c1)NC(SCC(=O)Nc1ccc(Oc3ccc(NC(=O)CSC4Nc5ccc(C)cc5N4)cc3)cc1)N2. The zero-order valence-electron chi connectivity index (χ0n) is 23.7. The van der Waals surface area contributed by atoms with Crippen molar-refractivity contribution in [3.8, 4) is 11.5 Å². The number of thioether (sulfide) groups is 2. The summed E-state index contributed by atoms with van der Waals surface area (Å²) in [6, 6.07) is 26.8. The van der Waals surface area contributed by atoms with Crippen molar-refractivity contribution < 1.29 is 14.3 Å². The molecule has 9 nitrogen and oxygen atoms in total. The maximum absolute atomic E-state index is 12.5. The number of nitrogens with one attached hydrogen (secondary N) is 6. The molecular formula is C32H32N6O3S2. The monoisotopic (exact) mass is 612 g/mol. The molecule has 2 heterocycles. The molecule has 2 amide bonds. The van der Waals surface area contributed by atoms with Crippen LogP contribution in [0.4, 0.5) is 34.1 Å². The summed E-state index contributed by atoms with van der Waals surface area (Å²) in [5.74, 6) is 1.73. The second-order valence-electron chi connectivity index (χ2n) is 10.3. The summed E-state index contributed by atoms with van der Waals surface area (Å²) in [6.45, 7) is 4.11. The molecule has 0 aromatic heterocycles. The lowest BCUT2D eigenvalue weighted by atomic mass is 10.2. The van der Waals surface area contributed by atoms with E-state index in [1.54, 1.807) is 24.3 Å². The maximum atomic E-state index is 12.5. The number of aryl methyl sites for hydroxylation is 2. The quantitative estimate of drug-likeness (QED) is 0.112. The second kappa shape index (κ2) is 12.8. The van der Waals surface area contributed by atoms with Crippen LogP contribution in [0.25, 0.3) is 0 Å². The fraction of sp³-hybridized carbons (Fsp3) is 0.188. The summed E-state index contributed by atoms with van der Waals surface area (Å²) in [5, 5.41) is 19.4. The maximum Gasteiger partial charge on any atom is 0.234 e. The normalized spacial score (nSPS) is 16.0. The predicted octanol–water partition coefficient (Wildman–Crippen LogP) is 7.08. The van der Waals surface area contributed by atoms with E-state index in [1.165, 1.54) is 34.7 Å². The second-order valence-corrected chi connectivity index (χ2v) is 12.5. The molecule has 0 saturated carbocycles. The van der Waals surface area contributed by atoms with Gasteiger partial charge in [-0.2, -0.15) is 0 Å². The van der Waals surface area contributed by atoms with Crippen molar-refractivity contribution in [2.45, 2.75) is 24.8 Å². The molecular weight excluding hydrogens is 581 g/mol. The first-order valence-corrected chi connectivity index (χ1v) is 15.9. The molecule has 0 spiro atoms. The summed E-state index contributed by atoms with van der Waals surface area (Å²) in [5.41, 5.74) is 7.87. The lowest BCUT2D eigenvalue weighted by Crippen LogP contribution is -2.22. The summed E-state index contributed by atoms with van der Waals surface area (Å²) < 4.78 is 5.94. The standard InChI is InChI=1S/C32H32N6O3S2/c1-19-3-13-25-27(15-19)37-31(35-25)42-17-29(39)33-21-5-9-23(10-6-21)41-24-11-7-22(8-12-24)34-30(40)18-43-32-36-26-14-4-20(2)16-28(26)38-32/h3-16,31-32,35-38H,17-18H2,1-2H3,(H,33,39)(H,34,40). The van der Waals surface area contributed by atoms with E-state index in [4.69, 9.17) is 4.74 Å². The summed E-state index contributed by atoms with van der Waals surface area (Å²) in [4.78, 5) is 25.0. The van der Waals surface area contributed by atoms with Crippen LogP contribution in [-0.2, 0) is 9.59 Å². The average molecular weight is 613 g/mol. The van der Waals surface area contributed by atoms with Gasteiger partial charge >= 0.3 is 0 Å². The number of carbonyl (C=O) groups excluding carboxylic acids is 2. The zero-order valence-corrected chi connectivity index (χ0v) is 25.3. The molecule has 0 saturated heterocycles. The van der Waals surface area contributed by atoms with Crippen LogP contribution in [0.1, 0.15) is 11.1 Å². The third kappa shape index (κ3) is 7.49. The third-order valence-corrected chi connectivity index (χ3v) is 8.77. The molecule has 6 rings (SSSR count). The number of benzene rings is 4. The summed E-state index contributed by atoms with van der Waals surface area (Å²) in [7, 11) is 0. The van der Waals surface area contributed by atoms with Crippen LogP contribution in [0.3, 0.4) is 0 Å². The smallest absolute Gasteiger partial charge is 0.234 e. The first-order valence-electron chi connectivity index (χ1n) is 13.8. The van der Waals surface area contributed by atoms with Crippen molar-refractivity contribution in [3.05, 3.63) is 96.1 Å². The minimum Gasteiger partial charge on any atom is -0.457 e. The number of hydrogen-bond donors (Lipinski definition) is 6. The lowest BCUT2D eigenvalue weighted by molar-refractivity contribution is -0.114. The number of anilines is 6. The van der Waals surface area contributed by atoms with Crippen molar-refractivity contribution in [1.29, 1.82) is 0 Å². The van der Waals surface area contributed by atoms with E-state index in [1.807, 2.05) is 36.4 Å². The first-order chi connectivity index (χ1) is 20.9. The van der Waals surface area contributed by atoms with E-state index in [2.05, 4.69) is 70.0 Å². The van der Waals surface area contributed by atoms with Crippen LogP contribution >= 0.6 is 23.5 Å². The Morgan fingerprint density at radius 2 is 1.00 bits per heavy atom. The van der Waals surface area contributed by atoms with Crippen molar-refractivity contribution in [3.63, 3.8) is 0 Å². The van der Waals surface area contributed by atoms with Gasteiger partial charge in [-0.1, -0.05) is 12.1 Å². The number of amides is 2. The molecule has 11 heteroatoms. The molecule has 2 aliphatic heterocycles. The topological polar surface area (TPSA) is 116 Å². The lowest BCUT2D eigenvalue weighted by Gasteiger charge is -2.13. The van der Waals surface area contributed by atoms with E-state index in [0.717, 1.165) is 22.7 Å². The average Bonchev–Trinajstić information content (AvgIpc) is 3.60. The van der Waals surface area contributed by atoms with E-state index >= 15 is 0 Å². The largest absolute Gasteiger partial charge is 0.457 e. The van der Waals surface area contributed by atoms with Gasteiger partial charge in [-0.15, -0.1) is 23.5 Å². The van der Waals surface area contributed by atoms with Gasteiger partial charge in [0.05, 0.1) is 34.3 Å². The van der Waals surface area contributed by atoms with Crippen LogP contribution in [0, 0.1) is 13.8 Å². The van der Waals surface area contributed by atoms with Crippen LogP contribution in [-0.4, -0.2) is 34.3 Å². The van der Waals surface area contributed by atoms with Gasteiger partial charge in [-0.3, -0.25) is 9.59 Å². The van der Waals surface area contributed by atoms with E-state index in [-0.39, 0.29) is 22.8 Å².